The SMILES string of the molecule is C[C@@H](NC(=O)c1cnn2c1C[C@@H](CNC(=O)c1cccnc1)CC2)c1ncn[nH]1. The lowest BCUT2D eigenvalue weighted by molar-refractivity contribution is 0.0927. The third-order valence-electron chi connectivity index (χ3n) is 5.09. The van der Waals surface area contributed by atoms with Gasteiger partial charge in [-0.25, -0.2) is 4.98 Å². The van der Waals surface area contributed by atoms with Gasteiger partial charge in [-0.1, -0.05) is 0 Å². The number of aryl methyl sites for hydroxylation is 1. The molecule has 3 aromatic heterocycles. The van der Waals surface area contributed by atoms with E-state index in [1.807, 2.05) is 11.6 Å². The summed E-state index contributed by atoms with van der Waals surface area (Å²) in [4.78, 5) is 33.0. The van der Waals surface area contributed by atoms with Crippen molar-refractivity contribution >= 4 is 11.8 Å². The molecule has 0 fully saturated rings. The molecule has 29 heavy (non-hydrogen) atoms. The second-order valence-corrected chi connectivity index (χ2v) is 7.10. The summed E-state index contributed by atoms with van der Waals surface area (Å²) in [5, 5.41) is 16.8. The molecule has 0 bridgehead atoms. The van der Waals surface area contributed by atoms with Crippen LogP contribution < -0.4 is 10.6 Å². The number of carbonyl (C=O) groups excluding carboxylic acids is 2. The van der Waals surface area contributed by atoms with E-state index in [4.69, 9.17) is 0 Å². The number of aromatic amines is 1. The lowest BCUT2D eigenvalue weighted by atomic mass is 9.94. The number of hydrogen-bond donors (Lipinski definition) is 3. The van der Waals surface area contributed by atoms with Crippen LogP contribution >= 0.6 is 0 Å². The van der Waals surface area contributed by atoms with Crippen molar-refractivity contribution in [2.75, 3.05) is 6.54 Å². The van der Waals surface area contributed by atoms with E-state index in [-0.39, 0.29) is 23.8 Å². The molecule has 0 aliphatic carbocycles. The highest BCUT2D eigenvalue weighted by Crippen LogP contribution is 2.23. The van der Waals surface area contributed by atoms with Crippen LogP contribution in [-0.2, 0) is 13.0 Å². The van der Waals surface area contributed by atoms with Crippen LogP contribution in [0.2, 0.25) is 0 Å². The Kier molecular flexibility index (Phi) is 5.32. The molecule has 10 heteroatoms. The smallest absolute Gasteiger partial charge is 0.255 e. The minimum atomic E-state index is -0.293. The minimum Gasteiger partial charge on any atom is -0.352 e. The maximum absolute atomic E-state index is 12.7. The van der Waals surface area contributed by atoms with Gasteiger partial charge in [-0.3, -0.25) is 24.4 Å². The first kappa shape index (κ1) is 18.8. The Hall–Kier alpha value is -3.56. The molecule has 4 rings (SSSR count). The highest BCUT2D eigenvalue weighted by atomic mass is 16.2. The van der Waals surface area contributed by atoms with Gasteiger partial charge >= 0.3 is 0 Å². The van der Waals surface area contributed by atoms with Crippen LogP contribution in [-0.4, -0.2) is 48.3 Å². The number of carbonyl (C=O) groups is 2. The van der Waals surface area contributed by atoms with Crippen molar-refractivity contribution in [3.8, 4) is 0 Å². The lowest BCUT2D eigenvalue weighted by Crippen LogP contribution is -2.34. The molecule has 0 spiro atoms. The summed E-state index contributed by atoms with van der Waals surface area (Å²) in [6.45, 7) is 3.09. The van der Waals surface area contributed by atoms with E-state index in [0.717, 1.165) is 12.1 Å². The van der Waals surface area contributed by atoms with E-state index in [0.29, 0.717) is 36.5 Å². The molecule has 0 saturated carbocycles. The van der Waals surface area contributed by atoms with Crippen LogP contribution in [0.5, 0.6) is 0 Å². The molecule has 0 unspecified atom stereocenters. The van der Waals surface area contributed by atoms with Gasteiger partial charge in [-0.15, -0.1) is 0 Å². The third-order valence-corrected chi connectivity index (χ3v) is 5.09. The lowest BCUT2D eigenvalue weighted by Gasteiger charge is -2.24. The fourth-order valence-corrected chi connectivity index (χ4v) is 3.47. The van der Waals surface area contributed by atoms with Crippen LogP contribution in [0.4, 0.5) is 0 Å². The molecular formula is C19H22N8O2. The summed E-state index contributed by atoms with van der Waals surface area (Å²) < 4.78 is 1.87. The molecule has 2 atom stereocenters. The average molecular weight is 394 g/mol. The summed E-state index contributed by atoms with van der Waals surface area (Å²) in [7, 11) is 0. The van der Waals surface area contributed by atoms with Gasteiger partial charge in [-0.05, 0) is 37.8 Å². The van der Waals surface area contributed by atoms with Crippen LogP contribution in [0.1, 0.15) is 51.6 Å². The summed E-state index contributed by atoms with van der Waals surface area (Å²) in [5.74, 6) is 0.486. The normalized spacial score (nSPS) is 16.7. The van der Waals surface area contributed by atoms with Crippen LogP contribution in [0.25, 0.3) is 0 Å². The molecular weight excluding hydrogens is 372 g/mol. The van der Waals surface area contributed by atoms with Crippen molar-refractivity contribution in [1.29, 1.82) is 0 Å². The Labute approximate surface area is 167 Å². The van der Waals surface area contributed by atoms with E-state index < -0.39 is 0 Å². The fourth-order valence-electron chi connectivity index (χ4n) is 3.47. The molecule has 1 aliphatic heterocycles. The first-order chi connectivity index (χ1) is 14.1. The van der Waals surface area contributed by atoms with Crippen molar-refractivity contribution in [1.82, 2.24) is 40.6 Å². The maximum atomic E-state index is 12.7. The van der Waals surface area contributed by atoms with Crippen molar-refractivity contribution < 1.29 is 9.59 Å². The number of amides is 2. The van der Waals surface area contributed by atoms with Gasteiger partial charge in [0.15, 0.2) is 0 Å². The first-order valence-corrected chi connectivity index (χ1v) is 9.51. The molecule has 0 aromatic carbocycles. The van der Waals surface area contributed by atoms with Crippen LogP contribution in [0.3, 0.4) is 0 Å². The molecule has 150 valence electrons. The molecule has 1 aliphatic rings. The van der Waals surface area contributed by atoms with Crippen LogP contribution in [0.15, 0.2) is 37.1 Å². The van der Waals surface area contributed by atoms with Crippen molar-refractivity contribution in [2.45, 2.75) is 32.4 Å². The van der Waals surface area contributed by atoms with Crippen molar-refractivity contribution in [3.05, 3.63) is 59.7 Å². The fraction of sp³-hybridized carbons (Fsp3) is 0.368. The van der Waals surface area contributed by atoms with Gasteiger partial charge < -0.3 is 10.6 Å². The molecule has 10 nitrogen and oxygen atoms in total. The Bertz CT molecular complexity index is 983. The zero-order valence-corrected chi connectivity index (χ0v) is 16.0. The molecule has 0 radical (unpaired) electrons. The monoisotopic (exact) mass is 394 g/mol. The first-order valence-electron chi connectivity index (χ1n) is 9.51. The number of nitrogens with zero attached hydrogens (tertiary/aromatic N) is 5. The minimum absolute atomic E-state index is 0.143. The van der Waals surface area contributed by atoms with E-state index >= 15 is 0 Å². The molecule has 0 saturated heterocycles. The summed E-state index contributed by atoms with van der Waals surface area (Å²) in [6, 6.07) is 3.17. The van der Waals surface area contributed by atoms with E-state index in [1.165, 1.54) is 6.33 Å². The Morgan fingerprint density at radius 2 is 2.24 bits per heavy atom. The predicted molar refractivity (Wildman–Crippen MR) is 103 cm³/mol. The number of H-pyrrole nitrogens is 1. The summed E-state index contributed by atoms with van der Waals surface area (Å²) in [6.07, 6.45) is 7.75. The van der Waals surface area contributed by atoms with Gasteiger partial charge in [0.1, 0.15) is 12.2 Å². The predicted octanol–water partition coefficient (Wildman–Crippen LogP) is 0.880. The van der Waals surface area contributed by atoms with Gasteiger partial charge in [0, 0.05) is 25.5 Å². The molecule has 3 aromatic rings. The Balaban J connectivity index is 1.38. The quantitative estimate of drug-likeness (QED) is 0.569. The zero-order chi connectivity index (χ0) is 20.2. The molecule has 2 amide bonds. The van der Waals surface area contributed by atoms with Crippen molar-refractivity contribution in [2.24, 2.45) is 5.92 Å². The Morgan fingerprint density at radius 1 is 1.34 bits per heavy atom. The second-order valence-electron chi connectivity index (χ2n) is 7.10. The second kappa shape index (κ2) is 8.21. The topological polar surface area (TPSA) is 130 Å². The van der Waals surface area contributed by atoms with Crippen LogP contribution in [0, 0.1) is 5.92 Å². The van der Waals surface area contributed by atoms with E-state index in [9.17, 15) is 9.59 Å². The Morgan fingerprint density at radius 3 is 3.00 bits per heavy atom. The van der Waals surface area contributed by atoms with Gasteiger partial charge in [0.05, 0.1) is 29.1 Å². The van der Waals surface area contributed by atoms with E-state index in [2.05, 4.69) is 35.9 Å². The number of nitrogens with one attached hydrogen (secondary N) is 3. The summed E-state index contributed by atoms with van der Waals surface area (Å²) in [5.41, 5.74) is 1.98. The molecule has 3 N–H and O–H groups in total. The largest absolute Gasteiger partial charge is 0.352 e. The van der Waals surface area contributed by atoms with Gasteiger partial charge in [0.25, 0.3) is 11.8 Å². The molecule has 4 heterocycles. The summed E-state index contributed by atoms with van der Waals surface area (Å²) >= 11 is 0. The van der Waals surface area contributed by atoms with Gasteiger partial charge in [0.2, 0.25) is 0 Å². The maximum Gasteiger partial charge on any atom is 0.255 e. The number of aromatic nitrogens is 6. The number of hydrogen-bond acceptors (Lipinski definition) is 6. The van der Waals surface area contributed by atoms with Crippen molar-refractivity contribution in [3.63, 3.8) is 0 Å². The zero-order valence-electron chi connectivity index (χ0n) is 16.0. The third kappa shape index (κ3) is 4.15. The number of fused-ring (bicyclic) bond motifs is 1. The van der Waals surface area contributed by atoms with E-state index in [1.54, 1.807) is 30.7 Å². The number of rotatable bonds is 6. The highest BCUT2D eigenvalue weighted by Gasteiger charge is 2.26. The highest BCUT2D eigenvalue weighted by molar-refractivity contribution is 5.95. The average Bonchev–Trinajstić information content (AvgIpc) is 3.42. The van der Waals surface area contributed by atoms with Gasteiger partial charge in [-0.2, -0.15) is 10.2 Å². The number of pyridine rings is 1. The standard InChI is InChI=1S/C19H22N8O2/c1-12(17-22-11-23-26-17)25-19(29)15-10-24-27-6-4-13(7-16(15)27)8-21-18(28)14-3-2-5-20-9-14/h2-3,5,9-13H,4,6-8H2,1H3,(H,21,28)(H,25,29)(H,22,23,26)/t12-,13+/m1/s1.